The summed E-state index contributed by atoms with van der Waals surface area (Å²) in [5.74, 6) is 0.756. The Morgan fingerprint density at radius 3 is 2.26 bits per heavy atom. The number of nitrogens with one attached hydrogen (secondary N) is 1. The molecule has 0 aliphatic heterocycles. The minimum Gasteiger partial charge on any atom is -0.493 e. The zero-order valence-corrected chi connectivity index (χ0v) is 16.0. The molecule has 0 aromatic heterocycles. The van der Waals surface area contributed by atoms with E-state index in [1.54, 1.807) is 18.2 Å². The van der Waals surface area contributed by atoms with Crippen molar-refractivity contribution in [3.05, 3.63) is 52.6 Å². The van der Waals surface area contributed by atoms with Gasteiger partial charge in [0.05, 0.1) is 21.3 Å². The van der Waals surface area contributed by atoms with Gasteiger partial charge >= 0.3 is 0 Å². The van der Waals surface area contributed by atoms with Gasteiger partial charge in [0.25, 0.3) is 5.91 Å². The molecule has 2 aromatic rings. The van der Waals surface area contributed by atoms with Crippen LogP contribution in [0, 0.1) is 25.2 Å². The maximum Gasteiger partial charge on any atom is 0.266 e. The zero-order chi connectivity index (χ0) is 20.0. The number of anilines is 1. The molecule has 0 bridgehead atoms. The highest BCUT2D eigenvalue weighted by Crippen LogP contribution is 2.40. The van der Waals surface area contributed by atoms with Crippen LogP contribution in [-0.2, 0) is 4.79 Å². The van der Waals surface area contributed by atoms with E-state index in [1.165, 1.54) is 27.4 Å². The molecule has 27 heavy (non-hydrogen) atoms. The number of amides is 1. The van der Waals surface area contributed by atoms with E-state index in [0.717, 1.165) is 11.1 Å². The second kappa shape index (κ2) is 8.77. The van der Waals surface area contributed by atoms with Crippen molar-refractivity contribution in [2.24, 2.45) is 0 Å². The van der Waals surface area contributed by atoms with Crippen molar-refractivity contribution >= 4 is 17.7 Å². The molecule has 140 valence electrons. The van der Waals surface area contributed by atoms with Crippen molar-refractivity contribution in [3.63, 3.8) is 0 Å². The summed E-state index contributed by atoms with van der Waals surface area (Å²) in [5, 5.41) is 12.2. The van der Waals surface area contributed by atoms with Crippen LogP contribution >= 0.6 is 0 Å². The van der Waals surface area contributed by atoms with Crippen LogP contribution in [0.5, 0.6) is 17.2 Å². The quantitative estimate of drug-likeness (QED) is 0.620. The van der Waals surface area contributed by atoms with Gasteiger partial charge in [-0.1, -0.05) is 6.07 Å². The van der Waals surface area contributed by atoms with Gasteiger partial charge in [0.2, 0.25) is 5.75 Å². The molecule has 2 aromatic carbocycles. The Morgan fingerprint density at radius 1 is 1.00 bits per heavy atom. The smallest absolute Gasteiger partial charge is 0.266 e. The lowest BCUT2D eigenvalue weighted by Gasteiger charge is -2.14. The standard InChI is InChI=1S/C21H22N2O4/c1-13-6-8-17(10-14(13)2)23-21(24)16(12-22)11-15-7-9-18(25-3)20(27-5)19(15)26-4/h6-11H,1-5H3,(H,23,24)/b16-11-. The van der Waals surface area contributed by atoms with Crippen LogP contribution in [0.25, 0.3) is 6.08 Å². The number of nitrogens with zero attached hydrogens (tertiary/aromatic N) is 1. The first-order chi connectivity index (χ1) is 12.9. The Morgan fingerprint density at radius 2 is 1.70 bits per heavy atom. The van der Waals surface area contributed by atoms with Crippen molar-refractivity contribution in [3.8, 4) is 23.3 Å². The lowest BCUT2D eigenvalue weighted by atomic mass is 10.1. The van der Waals surface area contributed by atoms with Gasteiger partial charge in [0.1, 0.15) is 11.6 Å². The molecule has 0 fully saturated rings. The molecule has 0 spiro atoms. The number of methoxy groups -OCH3 is 3. The molecular weight excluding hydrogens is 344 g/mol. The third kappa shape index (κ3) is 4.39. The second-order valence-corrected chi connectivity index (χ2v) is 5.85. The maximum absolute atomic E-state index is 12.5. The highest BCUT2D eigenvalue weighted by molar-refractivity contribution is 6.10. The second-order valence-electron chi connectivity index (χ2n) is 5.85. The number of aryl methyl sites for hydroxylation is 2. The molecule has 6 heteroatoms. The summed E-state index contributed by atoms with van der Waals surface area (Å²) in [5.41, 5.74) is 3.28. The summed E-state index contributed by atoms with van der Waals surface area (Å²) >= 11 is 0. The zero-order valence-electron chi connectivity index (χ0n) is 16.0. The van der Waals surface area contributed by atoms with Crippen LogP contribution in [0.2, 0.25) is 0 Å². The van der Waals surface area contributed by atoms with E-state index < -0.39 is 5.91 Å². The summed E-state index contributed by atoms with van der Waals surface area (Å²) in [6.45, 7) is 3.95. The fourth-order valence-electron chi connectivity index (χ4n) is 2.56. The molecule has 0 radical (unpaired) electrons. The molecule has 1 N–H and O–H groups in total. The third-order valence-corrected chi connectivity index (χ3v) is 4.16. The van der Waals surface area contributed by atoms with E-state index >= 15 is 0 Å². The number of carbonyl (C=O) groups excluding carboxylic acids is 1. The predicted molar refractivity (Wildman–Crippen MR) is 104 cm³/mol. The molecule has 0 atom stereocenters. The van der Waals surface area contributed by atoms with Crippen molar-refractivity contribution in [1.82, 2.24) is 0 Å². The number of rotatable bonds is 6. The maximum atomic E-state index is 12.5. The number of benzene rings is 2. The van der Waals surface area contributed by atoms with Crippen LogP contribution in [-0.4, -0.2) is 27.2 Å². The van der Waals surface area contributed by atoms with E-state index in [0.29, 0.717) is 28.5 Å². The van der Waals surface area contributed by atoms with Gasteiger partial charge in [0.15, 0.2) is 11.5 Å². The summed E-state index contributed by atoms with van der Waals surface area (Å²) in [6.07, 6.45) is 1.46. The van der Waals surface area contributed by atoms with Gasteiger partial charge < -0.3 is 19.5 Å². The van der Waals surface area contributed by atoms with Crippen molar-refractivity contribution in [2.75, 3.05) is 26.6 Å². The van der Waals surface area contributed by atoms with Crippen LogP contribution in [0.15, 0.2) is 35.9 Å². The first kappa shape index (κ1) is 19.9. The fraction of sp³-hybridized carbons (Fsp3) is 0.238. The number of hydrogen-bond acceptors (Lipinski definition) is 5. The Hall–Kier alpha value is -3.46. The molecule has 1 amide bonds. The minimum absolute atomic E-state index is 0.0567. The van der Waals surface area contributed by atoms with E-state index in [9.17, 15) is 10.1 Å². The number of nitriles is 1. The number of hydrogen-bond donors (Lipinski definition) is 1. The van der Waals surface area contributed by atoms with Gasteiger partial charge in [-0.3, -0.25) is 4.79 Å². The SMILES string of the molecule is COc1ccc(/C=C(/C#N)C(=O)Nc2ccc(C)c(C)c2)c(OC)c1OC. The average molecular weight is 366 g/mol. The van der Waals surface area contributed by atoms with Crippen molar-refractivity contribution in [2.45, 2.75) is 13.8 Å². The molecular formula is C21H22N2O4. The largest absolute Gasteiger partial charge is 0.493 e. The molecule has 0 aliphatic carbocycles. The Labute approximate surface area is 159 Å². The van der Waals surface area contributed by atoms with Crippen LogP contribution in [0.4, 0.5) is 5.69 Å². The summed E-state index contributed by atoms with van der Waals surface area (Å²) in [4.78, 5) is 12.5. The summed E-state index contributed by atoms with van der Waals surface area (Å²) < 4.78 is 16.0. The topological polar surface area (TPSA) is 80.6 Å². The Kier molecular flexibility index (Phi) is 6.45. The van der Waals surface area contributed by atoms with E-state index in [4.69, 9.17) is 14.2 Å². The van der Waals surface area contributed by atoms with E-state index in [2.05, 4.69) is 5.32 Å². The molecule has 0 saturated carbocycles. The van der Waals surface area contributed by atoms with E-state index in [1.807, 2.05) is 32.0 Å². The third-order valence-electron chi connectivity index (χ3n) is 4.16. The number of carbonyl (C=O) groups is 1. The van der Waals surface area contributed by atoms with Crippen LogP contribution in [0.3, 0.4) is 0 Å². The van der Waals surface area contributed by atoms with Crippen molar-refractivity contribution in [1.29, 1.82) is 5.26 Å². The van der Waals surface area contributed by atoms with Crippen LogP contribution < -0.4 is 19.5 Å². The van der Waals surface area contributed by atoms with E-state index in [-0.39, 0.29) is 5.57 Å². The molecule has 6 nitrogen and oxygen atoms in total. The Bertz CT molecular complexity index is 927. The van der Waals surface area contributed by atoms with Gasteiger partial charge in [-0.25, -0.2) is 0 Å². The molecule has 0 heterocycles. The molecule has 0 saturated heterocycles. The molecule has 2 rings (SSSR count). The fourth-order valence-corrected chi connectivity index (χ4v) is 2.56. The first-order valence-electron chi connectivity index (χ1n) is 8.24. The van der Waals surface area contributed by atoms with Gasteiger partial charge in [-0.2, -0.15) is 5.26 Å². The lowest BCUT2D eigenvalue weighted by Crippen LogP contribution is -2.13. The Balaban J connectivity index is 2.39. The normalized spacial score (nSPS) is 10.7. The minimum atomic E-state index is -0.502. The average Bonchev–Trinajstić information content (AvgIpc) is 2.67. The first-order valence-corrected chi connectivity index (χ1v) is 8.24. The molecule has 0 aliphatic rings. The van der Waals surface area contributed by atoms with Crippen molar-refractivity contribution < 1.29 is 19.0 Å². The highest BCUT2D eigenvalue weighted by atomic mass is 16.5. The van der Waals surface area contributed by atoms with Crippen LogP contribution in [0.1, 0.15) is 16.7 Å². The monoisotopic (exact) mass is 366 g/mol. The van der Waals surface area contributed by atoms with Gasteiger partial charge in [0, 0.05) is 11.3 Å². The highest BCUT2D eigenvalue weighted by Gasteiger charge is 2.17. The summed E-state index contributed by atoms with van der Waals surface area (Å²) in [7, 11) is 4.49. The predicted octanol–water partition coefficient (Wildman–Crippen LogP) is 3.87. The van der Waals surface area contributed by atoms with Gasteiger partial charge in [-0.15, -0.1) is 0 Å². The summed E-state index contributed by atoms with van der Waals surface area (Å²) in [6, 6.07) is 10.9. The lowest BCUT2D eigenvalue weighted by molar-refractivity contribution is -0.112. The number of ether oxygens (including phenoxy) is 3. The van der Waals surface area contributed by atoms with Gasteiger partial charge in [-0.05, 0) is 55.3 Å². The molecule has 0 unspecified atom stereocenters.